The summed E-state index contributed by atoms with van der Waals surface area (Å²) in [5.74, 6) is -0.167. The van der Waals surface area contributed by atoms with Crippen molar-refractivity contribution in [2.75, 3.05) is 39.8 Å². The van der Waals surface area contributed by atoms with Gasteiger partial charge in [-0.15, -0.1) is 0 Å². The van der Waals surface area contributed by atoms with Crippen LogP contribution in [0.5, 0.6) is 0 Å². The summed E-state index contributed by atoms with van der Waals surface area (Å²) in [6, 6.07) is 43.7. The predicted octanol–water partition coefficient (Wildman–Crippen LogP) is 19.1. The molecule has 554 valence electrons. The molecule has 0 bridgehead atoms. The van der Waals surface area contributed by atoms with Gasteiger partial charge in [-0.3, -0.25) is 50.0 Å². The van der Waals surface area contributed by atoms with Gasteiger partial charge in [0, 0.05) is 80.0 Å². The molecule has 5 aromatic carbocycles. The molecule has 36 heteroatoms. The Kier molecular flexibility index (Phi) is 29.5. The summed E-state index contributed by atoms with van der Waals surface area (Å²) in [5, 5.41) is 46.9. The minimum absolute atomic E-state index is 0.0585. The molecular weight excluding hydrogens is 1580 g/mol. The Morgan fingerprint density at radius 3 is 1.21 bits per heavy atom. The van der Waals surface area contributed by atoms with E-state index in [4.69, 9.17) is 69.4 Å². The number of Topliss-reactive ketones (excluding diaryl/α,β-unsaturated/α-hetero) is 2. The number of thiazole rings is 5. The molecule has 0 spiro atoms. The third kappa shape index (κ3) is 24.1. The summed E-state index contributed by atoms with van der Waals surface area (Å²) in [6.07, 6.45) is 7.30. The second kappa shape index (κ2) is 39.6. The predicted molar refractivity (Wildman–Crippen MR) is 421 cm³/mol. The number of ketones is 2. The van der Waals surface area contributed by atoms with Crippen LogP contribution in [0.1, 0.15) is 120 Å². The highest BCUT2D eigenvalue weighted by Gasteiger charge is 2.22. The summed E-state index contributed by atoms with van der Waals surface area (Å²) in [6.45, 7) is 14.5. The Hall–Kier alpha value is -11.9. The maximum absolute atomic E-state index is 12.2. The lowest BCUT2D eigenvalue weighted by atomic mass is 10.1. The van der Waals surface area contributed by atoms with Crippen molar-refractivity contribution in [3.63, 3.8) is 0 Å². The molecule has 0 aliphatic carbocycles. The van der Waals surface area contributed by atoms with Crippen LogP contribution in [0.25, 0.3) is 45.5 Å². The Labute approximate surface area is 659 Å². The van der Waals surface area contributed by atoms with Gasteiger partial charge < -0.3 is 33.5 Å². The van der Waals surface area contributed by atoms with Crippen LogP contribution in [0, 0.1) is 11.3 Å². The maximum atomic E-state index is 12.2. The molecule has 0 saturated carbocycles. The number of aliphatic hydroxyl groups is 1. The number of halogens is 4. The number of carbonyl (C=O) groups is 7. The average Bonchev–Trinajstić information content (AvgIpc) is 1.69. The highest BCUT2D eigenvalue weighted by molar-refractivity contribution is 7.18. The third-order valence-corrected chi connectivity index (χ3v) is 19.3. The lowest BCUT2D eigenvalue weighted by Crippen LogP contribution is -2.11. The Bertz CT molecular complexity index is 5380. The number of nitriles is 1. The fourth-order valence-corrected chi connectivity index (χ4v) is 13.1. The zero-order valence-electron chi connectivity index (χ0n) is 57.1. The molecule has 8 aromatic heterocycles. The van der Waals surface area contributed by atoms with Gasteiger partial charge in [0.05, 0.1) is 69.8 Å². The number of aromatic nitrogens is 8. The molecule has 1 atom stereocenters. The maximum Gasteiger partial charge on any atom is 0.350 e. The number of hydrogen-bond donors (Lipinski definition) is 6. The van der Waals surface area contributed by atoms with E-state index in [1.165, 1.54) is 97.7 Å². The summed E-state index contributed by atoms with van der Waals surface area (Å²) in [4.78, 5) is 105. The van der Waals surface area contributed by atoms with Crippen LogP contribution in [0.3, 0.4) is 0 Å². The molecule has 13 rings (SSSR count). The lowest BCUT2D eigenvalue weighted by molar-refractivity contribution is 0.0530. The van der Waals surface area contributed by atoms with E-state index in [0.717, 1.165) is 55.6 Å². The van der Waals surface area contributed by atoms with E-state index in [9.17, 15) is 43.9 Å². The first-order valence-corrected chi connectivity index (χ1v) is 37.1. The molecule has 0 aliphatic heterocycles. The van der Waals surface area contributed by atoms with Crippen molar-refractivity contribution >= 4 is 181 Å². The molecule has 0 saturated heterocycles. The monoisotopic (exact) mass is 1640 g/mol. The Balaban J connectivity index is 0.000000157. The summed E-state index contributed by atoms with van der Waals surface area (Å²) in [5.41, 5.74) is 4.02. The number of nitrogens with one attached hydrogen (secondary N) is 5. The van der Waals surface area contributed by atoms with E-state index in [1.54, 1.807) is 31.3 Å². The van der Waals surface area contributed by atoms with Crippen LogP contribution >= 0.6 is 103 Å². The van der Waals surface area contributed by atoms with E-state index in [1.807, 2.05) is 97.9 Å². The molecule has 1 unspecified atom stereocenters. The largest absolute Gasteiger partial charge is 0.507 e. The number of amides is 4. The molecular formula is C73H56Cl4N14O13S5. The van der Waals surface area contributed by atoms with Crippen LogP contribution in [0.15, 0.2) is 203 Å². The van der Waals surface area contributed by atoms with Crippen molar-refractivity contribution < 1.29 is 61.7 Å². The highest BCUT2D eigenvalue weighted by atomic mass is 35.5. The summed E-state index contributed by atoms with van der Waals surface area (Å²) >= 11 is 29.1. The Morgan fingerprint density at radius 2 is 0.817 bits per heavy atom. The van der Waals surface area contributed by atoms with Crippen LogP contribution in [-0.2, 0) is 9.47 Å². The first-order chi connectivity index (χ1) is 52.4. The average molecular weight is 1640 g/mol. The van der Waals surface area contributed by atoms with Gasteiger partial charge in [0.2, 0.25) is 0 Å². The van der Waals surface area contributed by atoms with Crippen LogP contribution in [0.2, 0.25) is 20.1 Å². The number of anilines is 5. The molecule has 109 heavy (non-hydrogen) atoms. The highest BCUT2D eigenvalue weighted by Crippen LogP contribution is 2.31. The van der Waals surface area contributed by atoms with Gasteiger partial charge in [-0.25, -0.2) is 29.7 Å². The molecule has 13 aromatic rings. The van der Waals surface area contributed by atoms with Crippen LogP contribution in [-0.4, -0.2) is 99.9 Å². The smallest absolute Gasteiger partial charge is 0.350 e. The van der Waals surface area contributed by atoms with Gasteiger partial charge in [0.25, 0.3) is 23.6 Å². The second-order valence-corrected chi connectivity index (χ2v) is 28.4. The number of esters is 1. The number of nitrogens with zero attached hydrogens (tertiary/aromatic N) is 9. The number of hydrogen-bond acceptors (Lipinski definition) is 28. The molecule has 0 aliphatic rings. The normalized spacial score (nSPS) is 10.6. The SMILES string of the molecule is C=C(O)c1cnc(NC(=O)c2cc(-c3ccccc3)on2)s1.C=C(OCC)c1cnc(NC(=O)c2cc(-c3ccccc3)on2)s1.CC(=O)c1cnc(NC(=O)c2cc(Cl)cc(Cl)c2)s1.CC(=O)c1cnc(NC(C#N)c2cc(-c3ccccc3)on2)s1.CCOC(=O)c1cnc(NC(=O)c2cc(Cl)cc(Cl)c2)s1. The lowest BCUT2D eigenvalue weighted by Gasteiger charge is -2.05. The quantitative estimate of drug-likeness (QED) is 0.0208. The third-order valence-electron chi connectivity index (χ3n) is 13.6. The van der Waals surface area contributed by atoms with Crippen molar-refractivity contribution in [3.8, 4) is 40.0 Å². The molecule has 6 N–H and O–H groups in total. The fourth-order valence-electron chi connectivity index (χ4n) is 8.53. The van der Waals surface area contributed by atoms with Gasteiger partial charge in [-0.05, 0) is 50.2 Å². The molecule has 0 fully saturated rings. The first kappa shape index (κ1) is 81.2. The second-order valence-electron chi connectivity index (χ2n) is 21.5. The number of rotatable bonds is 22. The molecule has 8 heterocycles. The molecule has 4 amide bonds. The van der Waals surface area contributed by atoms with Gasteiger partial charge in [-0.2, -0.15) is 5.26 Å². The van der Waals surface area contributed by atoms with E-state index < -0.39 is 23.8 Å². The standard InChI is InChI=1S/C17H15N3O3S.C16H12N4O2S.C15H11N3O3S.C13H10Cl2N2O3S.C12H8Cl2N2O2S/c1-3-22-11(2)15-10-18-17(24-15)19-16(21)13-9-14(23-20-13)12-7-5-4-6-8-12;1-10(21)15-9-18-16(23-15)19-13(8-17)12-7-14(22-20-12)11-5-3-2-4-6-11;1-9(19)13-8-16-15(22-13)17-14(20)11-7-12(21-18-11)10-5-3-2-4-6-10;1-2-20-12(19)10-6-16-13(21-10)17-11(18)7-3-8(14)5-9(15)4-7;1-6(17)10-5-15-12(19-10)16-11(18)7-2-8(13)4-9(14)3-7/h4-10H,2-3H2,1H3,(H,18,19,21);2-7,9,13H,1H3,(H,18,19);2-8,19H,1H2,(H,16,17,20);3-6H,2H2,1H3,(H,16,17,18);2-5H,1H3,(H,15,16,18). The van der Waals surface area contributed by atoms with E-state index >= 15 is 0 Å². The first-order valence-electron chi connectivity index (χ1n) is 31.5. The summed E-state index contributed by atoms with van der Waals surface area (Å²) in [7, 11) is 0. The molecule has 27 nitrogen and oxygen atoms in total. The minimum Gasteiger partial charge on any atom is -0.507 e. The van der Waals surface area contributed by atoms with Gasteiger partial charge in [-0.1, -0.05) is 223 Å². The minimum atomic E-state index is -0.706. The van der Waals surface area contributed by atoms with E-state index in [0.29, 0.717) is 112 Å². The Morgan fingerprint density at radius 1 is 0.468 bits per heavy atom. The number of carbonyl (C=O) groups excluding carboxylic acids is 7. The number of benzene rings is 5. The zero-order valence-corrected chi connectivity index (χ0v) is 64.2. The number of aliphatic hydroxyl groups excluding tert-OH is 1. The van der Waals surface area contributed by atoms with E-state index in [2.05, 4.69) is 86.2 Å². The number of ether oxygens (including phenoxy) is 2. The molecule has 0 radical (unpaired) electrons. The summed E-state index contributed by atoms with van der Waals surface area (Å²) < 4.78 is 25.9. The van der Waals surface area contributed by atoms with Gasteiger partial charge in [0.15, 0.2) is 71.9 Å². The van der Waals surface area contributed by atoms with Gasteiger partial charge >= 0.3 is 5.97 Å². The van der Waals surface area contributed by atoms with Crippen molar-refractivity contribution in [2.45, 2.75) is 33.7 Å². The van der Waals surface area contributed by atoms with Crippen molar-refractivity contribution in [2.24, 2.45) is 0 Å². The van der Waals surface area contributed by atoms with Crippen LogP contribution < -0.4 is 26.6 Å². The van der Waals surface area contributed by atoms with Gasteiger partial charge in [0.1, 0.15) is 22.1 Å². The topological polar surface area (TPSA) is 385 Å². The van der Waals surface area contributed by atoms with Crippen LogP contribution in [0.4, 0.5) is 25.7 Å². The fraction of sp³-hybridized carbons (Fsp3) is 0.0959. The van der Waals surface area contributed by atoms with Crippen molar-refractivity contribution in [1.82, 2.24) is 40.4 Å². The van der Waals surface area contributed by atoms with E-state index in [-0.39, 0.29) is 47.1 Å². The zero-order chi connectivity index (χ0) is 78.1. The van der Waals surface area contributed by atoms with Crippen molar-refractivity contribution in [1.29, 1.82) is 5.26 Å². The van der Waals surface area contributed by atoms with Crippen molar-refractivity contribution in [3.05, 3.63) is 262 Å².